The topological polar surface area (TPSA) is 58.1 Å². The zero-order chi connectivity index (χ0) is 17.2. The number of benzene rings is 1. The molecule has 0 saturated carbocycles. The lowest BCUT2D eigenvalue weighted by Crippen LogP contribution is -2.45. The maximum absolute atomic E-state index is 13.0. The van der Waals surface area contributed by atoms with Crippen molar-refractivity contribution in [3.63, 3.8) is 0 Å². The summed E-state index contributed by atoms with van der Waals surface area (Å²) in [5.74, 6) is 0.481. The average Bonchev–Trinajstić information content (AvgIpc) is 2.63. The number of ether oxygens (including phenoxy) is 2. The number of hydrogen-bond acceptors (Lipinski definition) is 4. The number of methoxy groups -OCH3 is 1. The average molecular weight is 466 g/mol. The first-order valence-electron chi connectivity index (χ1n) is 8.26. The summed E-state index contributed by atoms with van der Waals surface area (Å²) in [7, 11) is 3.38. The summed E-state index contributed by atoms with van der Waals surface area (Å²) in [6.07, 6.45) is -0.164. The van der Waals surface area contributed by atoms with Gasteiger partial charge in [0, 0.05) is 46.9 Å². The van der Waals surface area contributed by atoms with Gasteiger partial charge in [-0.1, -0.05) is 12.1 Å². The van der Waals surface area contributed by atoms with Gasteiger partial charge in [-0.2, -0.15) is 0 Å². The number of halogens is 2. The van der Waals surface area contributed by atoms with Crippen molar-refractivity contribution >= 4 is 29.9 Å². The van der Waals surface area contributed by atoms with E-state index in [0.717, 1.165) is 50.9 Å². The predicted molar refractivity (Wildman–Crippen MR) is 108 cm³/mol. The first-order chi connectivity index (χ1) is 11.7. The number of guanidine groups is 1. The first kappa shape index (κ1) is 22.1. The molecule has 1 aromatic carbocycles. The summed E-state index contributed by atoms with van der Waals surface area (Å²) < 4.78 is 23.8. The lowest BCUT2D eigenvalue weighted by molar-refractivity contribution is 0.0389. The summed E-state index contributed by atoms with van der Waals surface area (Å²) in [6, 6.07) is 6.35. The molecule has 0 spiro atoms. The molecule has 0 bridgehead atoms. The SMILES string of the molecule is CN=C(NCCN1CCOCC1)NCC(OC)c1ccc(F)cc1.I. The molecule has 1 fully saturated rings. The normalized spacial score (nSPS) is 16.8. The summed E-state index contributed by atoms with van der Waals surface area (Å²) in [4.78, 5) is 6.58. The van der Waals surface area contributed by atoms with Crippen molar-refractivity contribution in [1.29, 1.82) is 0 Å². The zero-order valence-electron chi connectivity index (χ0n) is 14.8. The molecule has 1 aliphatic heterocycles. The molecule has 2 rings (SSSR count). The molecule has 1 atom stereocenters. The van der Waals surface area contributed by atoms with E-state index in [2.05, 4.69) is 20.5 Å². The molecule has 0 aromatic heterocycles. The molecule has 25 heavy (non-hydrogen) atoms. The molecule has 1 aliphatic rings. The fourth-order valence-electron chi connectivity index (χ4n) is 2.58. The fraction of sp³-hybridized carbons (Fsp3) is 0.588. The van der Waals surface area contributed by atoms with Crippen LogP contribution < -0.4 is 10.6 Å². The maximum atomic E-state index is 13.0. The molecule has 2 N–H and O–H groups in total. The Morgan fingerprint density at radius 1 is 1.28 bits per heavy atom. The molecule has 6 nitrogen and oxygen atoms in total. The van der Waals surface area contributed by atoms with Crippen molar-refractivity contribution < 1.29 is 13.9 Å². The number of hydrogen-bond donors (Lipinski definition) is 2. The highest BCUT2D eigenvalue weighted by atomic mass is 127. The Morgan fingerprint density at radius 3 is 2.56 bits per heavy atom. The van der Waals surface area contributed by atoms with E-state index in [9.17, 15) is 4.39 Å². The number of rotatable bonds is 7. The molecule has 1 saturated heterocycles. The third-order valence-corrected chi connectivity index (χ3v) is 4.03. The van der Waals surface area contributed by atoms with Crippen LogP contribution in [0.5, 0.6) is 0 Å². The molecule has 0 amide bonds. The Bertz CT molecular complexity index is 510. The van der Waals surface area contributed by atoms with E-state index in [-0.39, 0.29) is 35.9 Å². The minimum absolute atomic E-state index is 0. The molecule has 1 heterocycles. The summed E-state index contributed by atoms with van der Waals surface area (Å²) in [5.41, 5.74) is 0.926. The smallest absolute Gasteiger partial charge is 0.191 e. The van der Waals surface area contributed by atoms with Crippen molar-refractivity contribution in [3.8, 4) is 0 Å². The highest BCUT2D eigenvalue weighted by Crippen LogP contribution is 2.15. The van der Waals surface area contributed by atoms with Crippen molar-refractivity contribution in [2.24, 2.45) is 4.99 Å². The number of aliphatic imine (C=N–C) groups is 1. The van der Waals surface area contributed by atoms with E-state index in [1.54, 1.807) is 26.3 Å². The van der Waals surface area contributed by atoms with E-state index < -0.39 is 0 Å². The van der Waals surface area contributed by atoms with Gasteiger partial charge >= 0.3 is 0 Å². The third kappa shape index (κ3) is 7.85. The van der Waals surface area contributed by atoms with E-state index in [1.807, 2.05) is 0 Å². The van der Waals surface area contributed by atoms with Gasteiger partial charge in [0.1, 0.15) is 5.82 Å². The van der Waals surface area contributed by atoms with Gasteiger partial charge in [-0.15, -0.1) is 24.0 Å². The van der Waals surface area contributed by atoms with E-state index in [0.29, 0.717) is 6.54 Å². The van der Waals surface area contributed by atoms with Crippen LogP contribution in [0.25, 0.3) is 0 Å². The predicted octanol–water partition coefficient (Wildman–Crippen LogP) is 1.63. The van der Waals surface area contributed by atoms with Crippen LogP contribution in [0.4, 0.5) is 4.39 Å². The number of nitrogens with one attached hydrogen (secondary N) is 2. The van der Waals surface area contributed by atoms with Gasteiger partial charge in [-0.25, -0.2) is 4.39 Å². The standard InChI is InChI=1S/C17H27FN4O2.HI/c1-19-17(20-7-8-22-9-11-24-12-10-22)21-13-16(23-2)14-3-5-15(18)6-4-14;/h3-6,16H,7-13H2,1-2H3,(H2,19,20,21);1H. The van der Waals surface area contributed by atoms with Gasteiger partial charge < -0.3 is 20.1 Å². The van der Waals surface area contributed by atoms with Gasteiger partial charge in [-0.3, -0.25) is 9.89 Å². The Hall–Kier alpha value is -0.970. The summed E-state index contributed by atoms with van der Waals surface area (Å²) in [5, 5.41) is 6.55. The highest BCUT2D eigenvalue weighted by Gasteiger charge is 2.12. The first-order valence-corrected chi connectivity index (χ1v) is 8.26. The molecule has 142 valence electrons. The quantitative estimate of drug-likeness (QED) is 0.364. The van der Waals surface area contributed by atoms with Crippen LogP contribution in [0.15, 0.2) is 29.3 Å². The number of morpholine rings is 1. The van der Waals surface area contributed by atoms with Gasteiger partial charge in [0.05, 0.1) is 19.3 Å². The molecule has 1 unspecified atom stereocenters. The van der Waals surface area contributed by atoms with Gasteiger partial charge in [0.25, 0.3) is 0 Å². The van der Waals surface area contributed by atoms with Crippen LogP contribution in [-0.4, -0.2) is 71.0 Å². The largest absolute Gasteiger partial charge is 0.379 e. The molecule has 0 radical (unpaired) electrons. The lowest BCUT2D eigenvalue weighted by Gasteiger charge is -2.27. The third-order valence-electron chi connectivity index (χ3n) is 4.03. The monoisotopic (exact) mass is 466 g/mol. The van der Waals surface area contributed by atoms with Gasteiger partial charge in [-0.05, 0) is 17.7 Å². The molecule has 8 heteroatoms. The van der Waals surface area contributed by atoms with Crippen LogP contribution in [0.3, 0.4) is 0 Å². The molecule has 0 aliphatic carbocycles. The second-order valence-corrected chi connectivity index (χ2v) is 5.61. The van der Waals surface area contributed by atoms with Crippen molar-refractivity contribution in [2.75, 3.05) is 60.1 Å². The second kappa shape index (κ2) is 12.4. The minimum Gasteiger partial charge on any atom is -0.379 e. The van der Waals surface area contributed by atoms with E-state index >= 15 is 0 Å². The van der Waals surface area contributed by atoms with E-state index in [1.165, 1.54) is 12.1 Å². The van der Waals surface area contributed by atoms with Crippen LogP contribution in [0.1, 0.15) is 11.7 Å². The van der Waals surface area contributed by atoms with Crippen LogP contribution in [0, 0.1) is 5.82 Å². The van der Waals surface area contributed by atoms with E-state index in [4.69, 9.17) is 9.47 Å². The van der Waals surface area contributed by atoms with Crippen molar-refractivity contribution in [1.82, 2.24) is 15.5 Å². The second-order valence-electron chi connectivity index (χ2n) is 5.61. The molecular formula is C17H28FIN4O2. The highest BCUT2D eigenvalue weighted by molar-refractivity contribution is 14.0. The Balaban J connectivity index is 0.00000312. The molecular weight excluding hydrogens is 438 g/mol. The summed E-state index contributed by atoms with van der Waals surface area (Å²) >= 11 is 0. The van der Waals surface area contributed by atoms with Crippen LogP contribution in [0.2, 0.25) is 0 Å². The van der Waals surface area contributed by atoms with Crippen LogP contribution in [-0.2, 0) is 9.47 Å². The fourth-order valence-corrected chi connectivity index (χ4v) is 2.58. The lowest BCUT2D eigenvalue weighted by atomic mass is 10.1. The summed E-state index contributed by atoms with van der Waals surface area (Å²) in [6.45, 7) is 5.89. The zero-order valence-corrected chi connectivity index (χ0v) is 17.2. The van der Waals surface area contributed by atoms with Crippen molar-refractivity contribution in [2.45, 2.75) is 6.10 Å². The van der Waals surface area contributed by atoms with Crippen LogP contribution >= 0.6 is 24.0 Å². The minimum atomic E-state index is -0.248. The molecule has 1 aromatic rings. The van der Waals surface area contributed by atoms with Crippen molar-refractivity contribution in [3.05, 3.63) is 35.6 Å². The maximum Gasteiger partial charge on any atom is 0.191 e. The Kier molecular flexibility index (Phi) is 10.9. The van der Waals surface area contributed by atoms with Gasteiger partial charge in [0.2, 0.25) is 0 Å². The number of nitrogens with zero attached hydrogens (tertiary/aromatic N) is 2. The Labute approximate surface area is 166 Å². The van der Waals surface area contributed by atoms with Gasteiger partial charge in [0.15, 0.2) is 5.96 Å². The Morgan fingerprint density at radius 2 is 1.96 bits per heavy atom.